The molecule has 1 fully saturated rings. The van der Waals surface area contributed by atoms with Crippen LogP contribution in [-0.2, 0) is 9.53 Å². The van der Waals surface area contributed by atoms with Crippen LogP contribution < -0.4 is 5.32 Å². The summed E-state index contributed by atoms with van der Waals surface area (Å²) < 4.78 is 32.2. The van der Waals surface area contributed by atoms with Gasteiger partial charge in [-0.3, -0.25) is 4.79 Å². The molecule has 21 heavy (non-hydrogen) atoms. The van der Waals surface area contributed by atoms with Crippen molar-refractivity contribution in [1.29, 1.82) is 0 Å². The van der Waals surface area contributed by atoms with Gasteiger partial charge in [0.05, 0.1) is 6.42 Å². The van der Waals surface area contributed by atoms with Gasteiger partial charge in [0.15, 0.2) is 0 Å². The Labute approximate surface area is 123 Å². The molecule has 1 aliphatic rings. The molecule has 1 aliphatic heterocycles. The zero-order valence-corrected chi connectivity index (χ0v) is 12.6. The summed E-state index contributed by atoms with van der Waals surface area (Å²) in [5.41, 5.74) is -0.0744. The molecule has 0 saturated carbocycles. The van der Waals surface area contributed by atoms with Gasteiger partial charge in [-0.15, -0.1) is 0 Å². The van der Waals surface area contributed by atoms with E-state index in [0.717, 1.165) is 6.07 Å². The summed E-state index contributed by atoms with van der Waals surface area (Å²) in [5.74, 6) is -1.62. The molecule has 1 aromatic carbocycles. The van der Waals surface area contributed by atoms with Crippen molar-refractivity contribution in [3.63, 3.8) is 0 Å². The zero-order chi connectivity index (χ0) is 15.6. The molecule has 5 heteroatoms. The predicted molar refractivity (Wildman–Crippen MR) is 75.9 cm³/mol. The monoisotopic (exact) mass is 297 g/mol. The summed E-state index contributed by atoms with van der Waals surface area (Å²) in [6.07, 6.45) is 0.228. The minimum Gasteiger partial charge on any atom is -0.460 e. The molecule has 1 N–H and O–H groups in total. The predicted octanol–water partition coefficient (Wildman–Crippen LogP) is 3.00. The number of hydrogen-bond acceptors (Lipinski definition) is 3. The molecule has 0 aromatic heterocycles. The highest BCUT2D eigenvalue weighted by Crippen LogP contribution is 2.32. The van der Waals surface area contributed by atoms with E-state index in [4.69, 9.17) is 4.74 Å². The SMILES string of the molecule is CC(C)(C)OC(=O)C[C@H]1CNC[C@@H]1c1ccc(F)cc1F. The zero-order valence-electron chi connectivity index (χ0n) is 12.6. The first-order valence-corrected chi connectivity index (χ1v) is 7.14. The lowest BCUT2D eigenvalue weighted by atomic mass is 9.86. The topological polar surface area (TPSA) is 38.3 Å². The third kappa shape index (κ3) is 4.24. The van der Waals surface area contributed by atoms with Gasteiger partial charge in [0, 0.05) is 18.5 Å². The lowest BCUT2D eigenvalue weighted by Crippen LogP contribution is -2.26. The number of rotatable bonds is 3. The standard InChI is InChI=1S/C16H21F2NO2/c1-16(2,3)21-15(20)6-10-8-19-9-13(10)12-5-4-11(17)7-14(12)18/h4-5,7,10,13,19H,6,8-9H2,1-3H3/t10-,13-/m0/s1. The fourth-order valence-electron chi connectivity index (χ4n) is 2.71. The molecule has 116 valence electrons. The van der Waals surface area contributed by atoms with Gasteiger partial charge in [0.25, 0.3) is 0 Å². The first kappa shape index (κ1) is 15.9. The van der Waals surface area contributed by atoms with Crippen molar-refractivity contribution in [2.24, 2.45) is 5.92 Å². The van der Waals surface area contributed by atoms with Gasteiger partial charge >= 0.3 is 5.97 Å². The maximum Gasteiger partial charge on any atom is 0.306 e. The van der Waals surface area contributed by atoms with E-state index in [1.54, 1.807) is 0 Å². The molecule has 0 bridgehead atoms. The molecule has 1 heterocycles. The molecule has 1 aromatic rings. The molecule has 2 rings (SSSR count). The lowest BCUT2D eigenvalue weighted by Gasteiger charge is -2.23. The van der Waals surface area contributed by atoms with Crippen molar-refractivity contribution >= 4 is 5.97 Å². The van der Waals surface area contributed by atoms with Gasteiger partial charge in [-0.05, 0) is 44.9 Å². The fraction of sp³-hybridized carbons (Fsp3) is 0.562. The number of carbonyl (C=O) groups excluding carboxylic acids is 1. The van der Waals surface area contributed by atoms with Gasteiger partial charge < -0.3 is 10.1 Å². The van der Waals surface area contributed by atoms with Crippen molar-refractivity contribution in [1.82, 2.24) is 5.32 Å². The summed E-state index contributed by atoms with van der Waals surface area (Å²) >= 11 is 0. The van der Waals surface area contributed by atoms with Crippen molar-refractivity contribution in [3.8, 4) is 0 Å². The van der Waals surface area contributed by atoms with E-state index in [1.807, 2.05) is 20.8 Å². The van der Waals surface area contributed by atoms with Gasteiger partial charge in [0.1, 0.15) is 17.2 Å². The Kier molecular flexibility index (Phi) is 4.61. The van der Waals surface area contributed by atoms with Crippen LogP contribution in [0.15, 0.2) is 18.2 Å². The van der Waals surface area contributed by atoms with Gasteiger partial charge in [0.2, 0.25) is 0 Å². The third-order valence-corrected chi connectivity index (χ3v) is 3.55. The quantitative estimate of drug-likeness (QED) is 0.872. The summed E-state index contributed by atoms with van der Waals surface area (Å²) in [6.45, 7) is 6.65. The van der Waals surface area contributed by atoms with Crippen molar-refractivity contribution in [3.05, 3.63) is 35.4 Å². The fourth-order valence-corrected chi connectivity index (χ4v) is 2.71. The van der Waals surface area contributed by atoms with Crippen molar-refractivity contribution in [2.75, 3.05) is 13.1 Å². The molecular formula is C16H21F2NO2. The van der Waals surface area contributed by atoms with Crippen molar-refractivity contribution in [2.45, 2.75) is 38.7 Å². The maximum absolute atomic E-state index is 13.9. The van der Waals surface area contributed by atoms with Crippen molar-refractivity contribution < 1.29 is 18.3 Å². The van der Waals surface area contributed by atoms with E-state index >= 15 is 0 Å². The molecule has 0 aliphatic carbocycles. The van der Waals surface area contributed by atoms with Crippen LogP contribution in [0.3, 0.4) is 0 Å². The first-order valence-electron chi connectivity index (χ1n) is 7.14. The summed E-state index contributed by atoms with van der Waals surface area (Å²) in [4.78, 5) is 11.9. The smallest absolute Gasteiger partial charge is 0.306 e. The Morgan fingerprint density at radius 1 is 1.33 bits per heavy atom. The molecule has 3 nitrogen and oxygen atoms in total. The maximum atomic E-state index is 13.9. The Morgan fingerprint density at radius 2 is 2.05 bits per heavy atom. The number of benzene rings is 1. The molecule has 0 radical (unpaired) electrons. The summed E-state index contributed by atoms with van der Waals surface area (Å²) in [6, 6.07) is 3.60. The normalized spacial score (nSPS) is 22.3. The number of nitrogens with one attached hydrogen (secondary N) is 1. The van der Waals surface area contributed by atoms with Crippen LogP contribution in [0.2, 0.25) is 0 Å². The minimum atomic E-state index is -0.592. The van der Waals surface area contributed by atoms with E-state index in [-0.39, 0.29) is 24.2 Å². The van der Waals surface area contributed by atoms with Crippen LogP contribution in [0.4, 0.5) is 8.78 Å². The summed E-state index contributed by atoms with van der Waals surface area (Å²) in [7, 11) is 0. The van der Waals surface area contributed by atoms with E-state index in [0.29, 0.717) is 18.7 Å². The molecule has 0 spiro atoms. The second kappa shape index (κ2) is 6.10. The lowest BCUT2D eigenvalue weighted by molar-refractivity contribution is -0.155. The average Bonchev–Trinajstić information content (AvgIpc) is 2.74. The Hall–Kier alpha value is -1.49. The molecule has 0 amide bonds. The second-order valence-electron chi connectivity index (χ2n) is 6.48. The number of carbonyl (C=O) groups is 1. The molecule has 0 unspecified atom stereocenters. The average molecular weight is 297 g/mol. The van der Waals surface area contributed by atoms with Crippen LogP contribution in [0, 0.1) is 17.6 Å². The van der Waals surface area contributed by atoms with Crippen LogP contribution in [-0.4, -0.2) is 24.7 Å². The largest absolute Gasteiger partial charge is 0.460 e. The highest BCUT2D eigenvalue weighted by atomic mass is 19.1. The molecular weight excluding hydrogens is 276 g/mol. The Balaban J connectivity index is 2.08. The number of halogens is 2. The van der Waals surface area contributed by atoms with Crippen LogP contribution >= 0.6 is 0 Å². The van der Waals surface area contributed by atoms with Gasteiger partial charge in [-0.1, -0.05) is 6.07 Å². The van der Waals surface area contributed by atoms with Crippen LogP contribution in [0.25, 0.3) is 0 Å². The third-order valence-electron chi connectivity index (χ3n) is 3.55. The molecule has 1 saturated heterocycles. The van der Waals surface area contributed by atoms with Crippen LogP contribution in [0.1, 0.15) is 38.7 Å². The molecule has 2 atom stereocenters. The number of ether oxygens (including phenoxy) is 1. The van der Waals surface area contributed by atoms with Gasteiger partial charge in [-0.25, -0.2) is 8.78 Å². The Morgan fingerprint density at radius 3 is 2.67 bits per heavy atom. The number of esters is 1. The first-order chi connectivity index (χ1) is 9.76. The van der Waals surface area contributed by atoms with Crippen LogP contribution in [0.5, 0.6) is 0 Å². The Bertz CT molecular complexity index is 525. The van der Waals surface area contributed by atoms with Gasteiger partial charge in [-0.2, -0.15) is 0 Å². The summed E-state index contributed by atoms with van der Waals surface area (Å²) in [5, 5.41) is 3.16. The van der Waals surface area contributed by atoms with E-state index in [1.165, 1.54) is 12.1 Å². The highest BCUT2D eigenvalue weighted by Gasteiger charge is 2.33. The highest BCUT2D eigenvalue weighted by molar-refractivity contribution is 5.70. The second-order valence-corrected chi connectivity index (χ2v) is 6.48. The minimum absolute atomic E-state index is 0.0418. The number of hydrogen-bond donors (Lipinski definition) is 1. The van der Waals surface area contributed by atoms with E-state index in [2.05, 4.69) is 5.32 Å². The van der Waals surface area contributed by atoms with E-state index in [9.17, 15) is 13.6 Å². The van der Waals surface area contributed by atoms with E-state index < -0.39 is 17.2 Å².